The molecule has 7 heteroatoms. The van der Waals surface area contributed by atoms with E-state index in [0.717, 1.165) is 17.6 Å². The van der Waals surface area contributed by atoms with Crippen molar-refractivity contribution in [2.75, 3.05) is 30.3 Å². The Bertz CT molecular complexity index is 493. The molecular weight excluding hydrogens is 263 g/mol. The zero-order chi connectivity index (χ0) is 12.5. The summed E-state index contributed by atoms with van der Waals surface area (Å²) in [6, 6.07) is 3.91. The molecule has 1 aromatic rings. The molecule has 1 aliphatic rings. The monoisotopic (exact) mass is 276 g/mol. The Morgan fingerprint density at radius 2 is 1.94 bits per heavy atom. The summed E-state index contributed by atoms with van der Waals surface area (Å²) < 4.78 is 39.4. The van der Waals surface area contributed by atoms with Gasteiger partial charge in [-0.25, -0.2) is 12.8 Å². The second-order valence-corrected chi connectivity index (χ2v) is 6.77. The fraction of sp³-hybridized carbons (Fsp3) is 0.400. The first-order valence-electron chi connectivity index (χ1n) is 5.15. The van der Waals surface area contributed by atoms with Crippen LogP contribution in [0.2, 0.25) is 0 Å². The van der Waals surface area contributed by atoms with E-state index in [1.165, 1.54) is 16.4 Å². The number of nitrogen functional groups attached to an aromatic ring is 1. The van der Waals surface area contributed by atoms with Crippen molar-refractivity contribution in [3.8, 4) is 0 Å². The highest BCUT2D eigenvalue weighted by molar-refractivity contribution is 7.99. The minimum absolute atomic E-state index is 0.0387. The molecule has 0 saturated carbocycles. The van der Waals surface area contributed by atoms with E-state index in [9.17, 15) is 12.8 Å². The Balaban J connectivity index is 2.44. The van der Waals surface area contributed by atoms with Gasteiger partial charge in [-0.05, 0) is 12.1 Å². The molecule has 17 heavy (non-hydrogen) atoms. The van der Waals surface area contributed by atoms with Crippen molar-refractivity contribution < 1.29 is 12.8 Å². The van der Waals surface area contributed by atoms with Crippen LogP contribution in [0.4, 0.5) is 10.1 Å². The molecule has 0 aromatic heterocycles. The SMILES string of the molecule is Nc1cccc(F)c1S(=O)(=O)N1CCSCC1. The van der Waals surface area contributed by atoms with Gasteiger partial charge in [0, 0.05) is 24.6 Å². The molecule has 0 amide bonds. The number of hydrogen-bond acceptors (Lipinski definition) is 4. The van der Waals surface area contributed by atoms with Gasteiger partial charge < -0.3 is 5.73 Å². The number of thioether (sulfide) groups is 1. The van der Waals surface area contributed by atoms with Gasteiger partial charge in [-0.3, -0.25) is 0 Å². The van der Waals surface area contributed by atoms with Crippen LogP contribution in [0.3, 0.4) is 0 Å². The summed E-state index contributed by atoms with van der Waals surface area (Å²) in [5, 5.41) is 0. The summed E-state index contributed by atoms with van der Waals surface area (Å²) in [5.41, 5.74) is 5.52. The van der Waals surface area contributed by atoms with Crippen molar-refractivity contribution in [3.05, 3.63) is 24.0 Å². The highest BCUT2D eigenvalue weighted by atomic mass is 32.2. The maximum Gasteiger partial charge on any atom is 0.248 e. The largest absolute Gasteiger partial charge is 0.398 e. The molecule has 94 valence electrons. The van der Waals surface area contributed by atoms with Crippen LogP contribution in [0.15, 0.2) is 23.1 Å². The van der Waals surface area contributed by atoms with E-state index >= 15 is 0 Å². The fourth-order valence-corrected chi connectivity index (χ4v) is 4.45. The molecular formula is C10H13FN2O2S2. The third kappa shape index (κ3) is 2.41. The second kappa shape index (κ2) is 4.83. The van der Waals surface area contributed by atoms with Gasteiger partial charge in [0.2, 0.25) is 10.0 Å². The number of anilines is 1. The average molecular weight is 276 g/mol. The van der Waals surface area contributed by atoms with Crippen LogP contribution in [0, 0.1) is 5.82 Å². The van der Waals surface area contributed by atoms with E-state index in [0.29, 0.717) is 13.1 Å². The van der Waals surface area contributed by atoms with Crippen molar-refractivity contribution in [3.63, 3.8) is 0 Å². The smallest absolute Gasteiger partial charge is 0.248 e. The standard InChI is InChI=1S/C10H13FN2O2S2/c11-8-2-1-3-9(12)10(8)17(14,15)13-4-6-16-7-5-13/h1-3H,4-7,12H2. The van der Waals surface area contributed by atoms with Crippen LogP contribution in [0.1, 0.15) is 0 Å². The highest BCUT2D eigenvalue weighted by Gasteiger charge is 2.30. The molecule has 0 spiro atoms. The molecule has 0 radical (unpaired) electrons. The Hall–Kier alpha value is -0.790. The van der Waals surface area contributed by atoms with E-state index in [-0.39, 0.29) is 5.69 Å². The van der Waals surface area contributed by atoms with E-state index < -0.39 is 20.7 Å². The van der Waals surface area contributed by atoms with Crippen LogP contribution in [0.25, 0.3) is 0 Å². The average Bonchev–Trinajstić information content (AvgIpc) is 2.29. The first kappa shape index (κ1) is 12.7. The number of nitrogens with two attached hydrogens (primary N) is 1. The molecule has 1 fully saturated rings. The Labute approximate surface area is 104 Å². The molecule has 1 aliphatic heterocycles. The fourth-order valence-electron chi connectivity index (χ4n) is 1.71. The molecule has 1 saturated heterocycles. The molecule has 0 aliphatic carbocycles. The molecule has 1 aromatic carbocycles. The van der Waals surface area contributed by atoms with Gasteiger partial charge in [0.05, 0.1) is 5.69 Å². The van der Waals surface area contributed by atoms with Crippen molar-refractivity contribution in [2.24, 2.45) is 0 Å². The molecule has 0 unspecified atom stereocenters. The minimum Gasteiger partial charge on any atom is -0.398 e. The summed E-state index contributed by atoms with van der Waals surface area (Å²) >= 11 is 1.69. The molecule has 0 atom stereocenters. The van der Waals surface area contributed by atoms with Crippen molar-refractivity contribution in [1.29, 1.82) is 0 Å². The van der Waals surface area contributed by atoms with Crippen LogP contribution < -0.4 is 5.73 Å². The molecule has 2 rings (SSSR count). The van der Waals surface area contributed by atoms with Crippen LogP contribution >= 0.6 is 11.8 Å². The van der Waals surface area contributed by atoms with E-state index in [4.69, 9.17) is 5.73 Å². The van der Waals surface area contributed by atoms with Gasteiger partial charge in [-0.1, -0.05) is 6.07 Å². The Kier molecular flexibility index (Phi) is 3.60. The zero-order valence-corrected chi connectivity index (χ0v) is 10.7. The lowest BCUT2D eigenvalue weighted by Gasteiger charge is -2.26. The lowest BCUT2D eigenvalue weighted by atomic mass is 10.3. The quantitative estimate of drug-likeness (QED) is 0.823. The van der Waals surface area contributed by atoms with Gasteiger partial charge in [0.15, 0.2) is 0 Å². The van der Waals surface area contributed by atoms with Crippen LogP contribution in [-0.2, 0) is 10.0 Å². The van der Waals surface area contributed by atoms with Gasteiger partial charge in [-0.15, -0.1) is 0 Å². The normalized spacial score (nSPS) is 18.2. The van der Waals surface area contributed by atoms with Crippen molar-refractivity contribution in [2.45, 2.75) is 4.90 Å². The third-order valence-electron chi connectivity index (χ3n) is 2.57. The summed E-state index contributed by atoms with van der Waals surface area (Å²) in [6.07, 6.45) is 0. The number of benzene rings is 1. The molecule has 2 N–H and O–H groups in total. The Morgan fingerprint density at radius 3 is 2.53 bits per heavy atom. The van der Waals surface area contributed by atoms with E-state index in [1.807, 2.05) is 0 Å². The van der Waals surface area contributed by atoms with Crippen LogP contribution in [-0.4, -0.2) is 37.3 Å². The van der Waals surface area contributed by atoms with E-state index in [2.05, 4.69) is 0 Å². The number of hydrogen-bond donors (Lipinski definition) is 1. The van der Waals surface area contributed by atoms with Gasteiger partial charge in [-0.2, -0.15) is 16.1 Å². The molecule has 4 nitrogen and oxygen atoms in total. The Morgan fingerprint density at radius 1 is 1.29 bits per heavy atom. The first-order chi connectivity index (χ1) is 8.03. The number of sulfonamides is 1. The number of halogens is 1. The number of rotatable bonds is 2. The van der Waals surface area contributed by atoms with Gasteiger partial charge >= 0.3 is 0 Å². The maximum absolute atomic E-state index is 13.6. The second-order valence-electron chi connectivity index (χ2n) is 3.67. The topological polar surface area (TPSA) is 63.4 Å². The molecule has 1 heterocycles. The first-order valence-corrected chi connectivity index (χ1v) is 7.75. The summed E-state index contributed by atoms with van der Waals surface area (Å²) in [7, 11) is -3.80. The summed E-state index contributed by atoms with van der Waals surface area (Å²) in [6.45, 7) is 0.807. The highest BCUT2D eigenvalue weighted by Crippen LogP contribution is 2.26. The van der Waals surface area contributed by atoms with Crippen molar-refractivity contribution >= 4 is 27.5 Å². The zero-order valence-electron chi connectivity index (χ0n) is 9.10. The minimum atomic E-state index is -3.80. The summed E-state index contributed by atoms with van der Waals surface area (Å²) in [5.74, 6) is 0.671. The van der Waals surface area contributed by atoms with E-state index in [1.54, 1.807) is 11.8 Å². The summed E-state index contributed by atoms with van der Waals surface area (Å²) in [4.78, 5) is -0.396. The van der Waals surface area contributed by atoms with Gasteiger partial charge in [0.1, 0.15) is 10.7 Å². The third-order valence-corrected chi connectivity index (χ3v) is 5.50. The molecule has 0 bridgehead atoms. The number of nitrogens with zero attached hydrogens (tertiary/aromatic N) is 1. The lowest BCUT2D eigenvalue weighted by Crippen LogP contribution is -2.38. The van der Waals surface area contributed by atoms with Crippen molar-refractivity contribution in [1.82, 2.24) is 4.31 Å². The van der Waals surface area contributed by atoms with Crippen LogP contribution in [0.5, 0.6) is 0 Å². The maximum atomic E-state index is 13.6. The predicted molar refractivity (Wildman–Crippen MR) is 66.9 cm³/mol. The predicted octanol–water partition coefficient (Wildman–Crippen LogP) is 1.15. The van der Waals surface area contributed by atoms with Gasteiger partial charge in [0.25, 0.3) is 0 Å². The lowest BCUT2D eigenvalue weighted by molar-refractivity contribution is 0.439.